The highest BCUT2D eigenvalue weighted by atomic mass is 32.2. The first-order valence-electron chi connectivity index (χ1n) is 8.69. The molecule has 1 aromatic carbocycles. The normalized spacial score (nSPS) is 16.0. The van der Waals surface area contributed by atoms with Crippen LogP contribution in [0.1, 0.15) is 24.8 Å². The Morgan fingerprint density at radius 3 is 2.71 bits per heavy atom. The van der Waals surface area contributed by atoms with E-state index in [1.54, 1.807) is 7.05 Å². The first kappa shape index (κ1) is 18.9. The zero-order valence-electron chi connectivity index (χ0n) is 14.5. The van der Waals surface area contributed by atoms with Crippen molar-refractivity contribution in [3.05, 3.63) is 35.9 Å². The molecule has 0 bridgehead atoms. The number of nitrogens with zero attached hydrogens (tertiary/aromatic N) is 1. The van der Waals surface area contributed by atoms with Gasteiger partial charge in [-0.2, -0.15) is 0 Å². The van der Waals surface area contributed by atoms with Crippen LogP contribution in [-0.4, -0.2) is 49.3 Å². The van der Waals surface area contributed by atoms with E-state index < -0.39 is 10.8 Å². The van der Waals surface area contributed by atoms with Crippen LogP contribution in [0.4, 0.5) is 0 Å². The number of benzene rings is 1. The molecule has 6 heteroatoms. The second kappa shape index (κ2) is 11.2. The molecule has 24 heavy (non-hydrogen) atoms. The lowest BCUT2D eigenvalue weighted by molar-refractivity contribution is 0.123. The molecule has 1 fully saturated rings. The Morgan fingerprint density at radius 2 is 2.00 bits per heavy atom. The lowest BCUT2D eigenvalue weighted by Gasteiger charge is -2.12. The van der Waals surface area contributed by atoms with E-state index in [1.165, 1.54) is 12.8 Å². The summed E-state index contributed by atoms with van der Waals surface area (Å²) in [7, 11) is 0.886. The maximum Gasteiger partial charge on any atom is 0.191 e. The van der Waals surface area contributed by atoms with Gasteiger partial charge in [0.25, 0.3) is 0 Å². The molecular formula is C18H29N3O2S. The van der Waals surface area contributed by atoms with Gasteiger partial charge < -0.3 is 15.4 Å². The average Bonchev–Trinajstić information content (AvgIpc) is 3.41. The average molecular weight is 352 g/mol. The van der Waals surface area contributed by atoms with Gasteiger partial charge in [-0.1, -0.05) is 30.3 Å². The second-order valence-corrected chi connectivity index (χ2v) is 7.65. The number of aliphatic imine (C=N–C) groups is 1. The number of hydrogen-bond donors (Lipinski definition) is 2. The van der Waals surface area contributed by atoms with E-state index in [1.807, 2.05) is 30.3 Å². The lowest BCUT2D eigenvalue weighted by atomic mass is 10.2. The van der Waals surface area contributed by atoms with Crippen molar-refractivity contribution in [1.82, 2.24) is 10.6 Å². The predicted molar refractivity (Wildman–Crippen MR) is 101 cm³/mol. The van der Waals surface area contributed by atoms with Gasteiger partial charge in [0.1, 0.15) is 0 Å². The molecule has 0 amide bonds. The summed E-state index contributed by atoms with van der Waals surface area (Å²) < 4.78 is 17.7. The third-order valence-corrected chi connectivity index (χ3v) is 5.14. The molecular weight excluding hydrogens is 322 g/mol. The van der Waals surface area contributed by atoms with Crippen LogP contribution in [-0.2, 0) is 21.3 Å². The SMILES string of the molecule is CN=C(NCCCOCC1CC1)NCCS(=O)Cc1ccccc1. The fourth-order valence-corrected chi connectivity index (χ4v) is 3.29. The van der Waals surface area contributed by atoms with E-state index in [9.17, 15) is 4.21 Å². The van der Waals surface area contributed by atoms with Gasteiger partial charge in [-0.15, -0.1) is 0 Å². The number of hydrogen-bond acceptors (Lipinski definition) is 3. The van der Waals surface area contributed by atoms with E-state index in [4.69, 9.17) is 4.74 Å². The van der Waals surface area contributed by atoms with E-state index in [0.29, 0.717) is 18.1 Å². The van der Waals surface area contributed by atoms with Gasteiger partial charge in [-0.3, -0.25) is 9.20 Å². The highest BCUT2D eigenvalue weighted by Gasteiger charge is 2.20. The molecule has 2 rings (SSSR count). The number of ether oxygens (including phenoxy) is 1. The van der Waals surface area contributed by atoms with E-state index in [0.717, 1.165) is 43.6 Å². The summed E-state index contributed by atoms with van der Waals surface area (Å²) in [5.74, 6) is 2.80. The van der Waals surface area contributed by atoms with Crippen molar-refractivity contribution in [3.8, 4) is 0 Å². The van der Waals surface area contributed by atoms with Crippen molar-refractivity contribution in [2.24, 2.45) is 10.9 Å². The molecule has 0 aromatic heterocycles. The molecule has 0 radical (unpaired) electrons. The minimum Gasteiger partial charge on any atom is -0.381 e. The molecule has 1 aliphatic rings. The molecule has 134 valence electrons. The summed E-state index contributed by atoms with van der Waals surface area (Å²) in [5.41, 5.74) is 1.12. The van der Waals surface area contributed by atoms with Gasteiger partial charge in [-0.05, 0) is 30.7 Å². The minimum absolute atomic E-state index is 0.604. The molecule has 1 aromatic rings. The van der Waals surface area contributed by atoms with Gasteiger partial charge >= 0.3 is 0 Å². The zero-order chi connectivity index (χ0) is 17.0. The maximum absolute atomic E-state index is 12.1. The van der Waals surface area contributed by atoms with Crippen LogP contribution in [0.3, 0.4) is 0 Å². The largest absolute Gasteiger partial charge is 0.381 e. The number of guanidine groups is 1. The van der Waals surface area contributed by atoms with Crippen molar-refractivity contribution in [3.63, 3.8) is 0 Å². The molecule has 1 unspecified atom stereocenters. The summed E-state index contributed by atoms with van der Waals surface area (Å²) in [5, 5.41) is 6.47. The van der Waals surface area contributed by atoms with Crippen molar-refractivity contribution < 1.29 is 8.95 Å². The first-order chi connectivity index (χ1) is 11.8. The van der Waals surface area contributed by atoms with Crippen LogP contribution in [0, 0.1) is 5.92 Å². The molecule has 0 saturated heterocycles. The lowest BCUT2D eigenvalue weighted by Crippen LogP contribution is -2.39. The third kappa shape index (κ3) is 8.45. The fourth-order valence-electron chi connectivity index (χ4n) is 2.25. The minimum atomic E-state index is -0.863. The topological polar surface area (TPSA) is 62.7 Å². The predicted octanol–water partition coefficient (Wildman–Crippen LogP) is 1.92. The summed E-state index contributed by atoms with van der Waals surface area (Å²) in [6, 6.07) is 9.95. The van der Waals surface area contributed by atoms with E-state index in [2.05, 4.69) is 15.6 Å². The molecule has 1 aliphatic carbocycles. The number of nitrogens with one attached hydrogen (secondary N) is 2. The zero-order valence-corrected chi connectivity index (χ0v) is 15.3. The Morgan fingerprint density at radius 1 is 1.25 bits per heavy atom. The highest BCUT2D eigenvalue weighted by molar-refractivity contribution is 7.84. The molecule has 0 spiro atoms. The smallest absolute Gasteiger partial charge is 0.191 e. The summed E-state index contributed by atoms with van der Waals surface area (Å²) >= 11 is 0. The van der Waals surface area contributed by atoms with Gasteiger partial charge in [0.15, 0.2) is 5.96 Å². The van der Waals surface area contributed by atoms with Crippen LogP contribution in [0.2, 0.25) is 0 Å². The van der Waals surface area contributed by atoms with Gasteiger partial charge in [0.2, 0.25) is 0 Å². The summed E-state index contributed by atoms with van der Waals surface area (Å²) in [6.07, 6.45) is 3.63. The van der Waals surface area contributed by atoms with E-state index >= 15 is 0 Å². The fraction of sp³-hybridized carbons (Fsp3) is 0.611. The molecule has 1 saturated carbocycles. The van der Waals surface area contributed by atoms with Crippen molar-refractivity contribution in [1.29, 1.82) is 0 Å². The molecule has 0 aliphatic heterocycles. The molecule has 1 atom stereocenters. The maximum atomic E-state index is 12.1. The van der Waals surface area contributed by atoms with Crippen molar-refractivity contribution in [2.75, 3.05) is 39.1 Å². The monoisotopic (exact) mass is 351 g/mol. The Hall–Kier alpha value is -1.40. The summed E-state index contributed by atoms with van der Waals surface area (Å²) in [4.78, 5) is 4.18. The van der Waals surface area contributed by atoms with E-state index in [-0.39, 0.29) is 0 Å². The van der Waals surface area contributed by atoms with Crippen LogP contribution in [0.25, 0.3) is 0 Å². The van der Waals surface area contributed by atoms with Crippen molar-refractivity contribution >= 4 is 16.8 Å². The van der Waals surface area contributed by atoms with Gasteiger partial charge in [0, 0.05) is 55.7 Å². The van der Waals surface area contributed by atoms with Gasteiger partial charge in [0.05, 0.1) is 0 Å². The Kier molecular flexibility index (Phi) is 8.84. The second-order valence-electron chi connectivity index (χ2n) is 6.07. The first-order valence-corrected chi connectivity index (χ1v) is 10.2. The standard InChI is InChI=1S/C18H29N3O2S/c1-19-18(20-10-5-12-23-14-16-8-9-16)21-11-13-24(22)15-17-6-3-2-4-7-17/h2-4,6-7,16H,5,8-15H2,1H3,(H2,19,20,21). The van der Waals surface area contributed by atoms with Crippen LogP contribution in [0.15, 0.2) is 35.3 Å². The Bertz CT molecular complexity index is 518. The van der Waals surface area contributed by atoms with Crippen LogP contribution >= 0.6 is 0 Å². The molecule has 0 heterocycles. The van der Waals surface area contributed by atoms with Crippen LogP contribution < -0.4 is 10.6 Å². The summed E-state index contributed by atoms with van der Waals surface area (Å²) in [6.45, 7) is 3.19. The van der Waals surface area contributed by atoms with Gasteiger partial charge in [-0.25, -0.2) is 0 Å². The van der Waals surface area contributed by atoms with Crippen LogP contribution in [0.5, 0.6) is 0 Å². The third-order valence-electron chi connectivity index (χ3n) is 3.82. The highest BCUT2D eigenvalue weighted by Crippen LogP contribution is 2.28. The van der Waals surface area contributed by atoms with Crippen molar-refractivity contribution in [2.45, 2.75) is 25.0 Å². The Balaban J connectivity index is 1.50. The molecule has 2 N–H and O–H groups in total. The molecule has 5 nitrogen and oxygen atoms in total. The number of rotatable bonds is 11. The quantitative estimate of drug-likeness (QED) is 0.363. The Labute approximate surface area is 147 Å².